The number of nitrogens with zero attached hydrogens (tertiary/aromatic N) is 1. The molecule has 1 heterocycles. The molecule has 2 aliphatic rings. The third kappa shape index (κ3) is 3.25. The molecule has 18 heavy (non-hydrogen) atoms. The Bertz CT molecular complexity index is 278. The Morgan fingerprint density at radius 2 is 2.00 bits per heavy atom. The van der Waals surface area contributed by atoms with Gasteiger partial charge in [-0.05, 0) is 45.1 Å². The molecule has 0 spiro atoms. The Morgan fingerprint density at radius 3 is 2.78 bits per heavy atom. The number of carbonyl (C=O) groups excluding carboxylic acids is 1. The molecule has 0 radical (unpaired) electrons. The Morgan fingerprint density at radius 1 is 1.28 bits per heavy atom. The van der Waals surface area contributed by atoms with Gasteiger partial charge in [-0.15, -0.1) is 0 Å². The molecule has 0 bridgehead atoms. The van der Waals surface area contributed by atoms with Crippen LogP contribution in [-0.2, 0) is 4.79 Å². The quantitative estimate of drug-likeness (QED) is 0.834. The normalized spacial score (nSPS) is 29.8. The van der Waals surface area contributed by atoms with Gasteiger partial charge in [0.2, 0.25) is 5.91 Å². The highest BCUT2D eigenvalue weighted by Gasteiger charge is 2.35. The third-order valence-electron chi connectivity index (χ3n) is 4.60. The molecule has 3 heteroatoms. The third-order valence-corrected chi connectivity index (χ3v) is 4.60. The van der Waals surface area contributed by atoms with Crippen molar-refractivity contribution in [3.8, 4) is 0 Å². The van der Waals surface area contributed by atoms with Gasteiger partial charge in [0.15, 0.2) is 0 Å². The molecular formula is C15H28N2O. The number of amides is 1. The van der Waals surface area contributed by atoms with Crippen LogP contribution in [0.25, 0.3) is 0 Å². The van der Waals surface area contributed by atoms with Gasteiger partial charge >= 0.3 is 0 Å². The molecule has 1 amide bonds. The summed E-state index contributed by atoms with van der Waals surface area (Å²) >= 11 is 0. The molecule has 3 unspecified atom stereocenters. The lowest BCUT2D eigenvalue weighted by Gasteiger charge is -2.44. The van der Waals surface area contributed by atoms with E-state index in [9.17, 15) is 4.79 Å². The number of carbonyl (C=O) groups is 1. The number of likely N-dealkylation sites (tertiary alicyclic amines) is 1. The Balaban J connectivity index is 1.91. The van der Waals surface area contributed by atoms with Crippen LogP contribution in [0, 0.1) is 5.92 Å². The standard InChI is InChI=1S/C15H28N2O/c1-3-16-12(2)11-15(18)17-10-6-8-13-7-4-5-9-14(13)17/h12-14,16H,3-11H2,1-2H3. The zero-order chi connectivity index (χ0) is 13.0. The summed E-state index contributed by atoms with van der Waals surface area (Å²) in [5.74, 6) is 1.17. The summed E-state index contributed by atoms with van der Waals surface area (Å²) in [6, 6.07) is 0.875. The van der Waals surface area contributed by atoms with Crippen molar-refractivity contribution in [3.05, 3.63) is 0 Å². The summed E-state index contributed by atoms with van der Waals surface area (Å²) in [6.45, 7) is 6.15. The molecular weight excluding hydrogens is 224 g/mol. The highest BCUT2D eigenvalue weighted by atomic mass is 16.2. The van der Waals surface area contributed by atoms with Crippen molar-refractivity contribution in [2.75, 3.05) is 13.1 Å². The first-order chi connectivity index (χ1) is 8.72. The second-order valence-electron chi connectivity index (χ2n) is 6.00. The molecule has 3 nitrogen and oxygen atoms in total. The number of piperidine rings is 1. The molecule has 1 aliphatic carbocycles. The number of hydrogen-bond donors (Lipinski definition) is 1. The summed E-state index contributed by atoms with van der Waals surface area (Å²) < 4.78 is 0. The van der Waals surface area contributed by atoms with E-state index in [-0.39, 0.29) is 0 Å². The van der Waals surface area contributed by atoms with Crippen LogP contribution in [0.2, 0.25) is 0 Å². The van der Waals surface area contributed by atoms with E-state index in [0.717, 1.165) is 19.0 Å². The van der Waals surface area contributed by atoms with Crippen molar-refractivity contribution in [1.82, 2.24) is 10.2 Å². The predicted octanol–water partition coefficient (Wildman–Crippen LogP) is 2.56. The maximum absolute atomic E-state index is 12.4. The van der Waals surface area contributed by atoms with Gasteiger partial charge in [0.1, 0.15) is 0 Å². The van der Waals surface area contributed by atoms with E-state index >= 15 is 0 Å². The maximum Gasteiger partial charge on any atom is 0.224 e. The van der Waals surface area contributed by atoms with Crippen LogP contribution in [0.3, 0.4) is 0 Å². The van der Waals surface area contributed by atoms with E-state index in [1.54, 1.807) is 0 Å². The van der Waals surface area contributed by atoms with Crippen molar-refractivity contribution < 1.29 is 4.79 Å². The second kappa shape index (κ2) is 6.55. The average Bonchev–Trinajstić information content (AvgIpc) is 2.38. The van der Waals surface area contributed by atoms with Crippen molar-refractivity contribution in [1.29, 1.82) is 0 Å². The lowest BCUT2D eigenvalue weighted by molar-refractivity contribution is -0.138. The van der Waals surface area contributed by atoms with E-state index in [4.69, 9.17) is 0 Å². The van der Waals surface area contributed by atoms with Crippen LogP contribution in [-0.4, -0.2) is 36.0 Å². The van der Waals surface area contributed by atoms with Crippen LogP contribution in [0.15, 0.2) is 0 Å². The molecule has 2 fully saturated rings. The fourth-order valence-electron chi connectivity index (χ4n) is 3.73. The fraction of sp³-hybridized carbons (Fsp3) is 0.933. The minimum atomic E-state index is 0.312. The average molecular weight is 252 g/mol. The monoisotopic (exact) mass is 252 g/mol. The van der Waals surface area contributed by atoms with Crippen LogP contribution in [0.1, 0.15) is 58.8 Å². The number of rotatable bonds is 4. The molecule has 1 saturated heterocycles. The topological polar surface area (TPSA) is 32.3 Å². The van der Waals surface area contributed by atoms with E-state index < -0.39 is 0 Å². The second-order valence-corrected chi connectivity index (χ2v) is 6.00. The zero-order valence-electron chi connectivity index (χ0n) is 12.0. The molecule has 3 atom stereocenters. The van der Waals surface area contributed by atoms with Crippen molar-refractivity contribution in [2.45, 2.75) is 70.9 Å². The van der Waals surface area contributed by atoms with E-state index in [1.807, 2.05) is 0 Å². The van der Waals surface area contributed by atoms with Crippen LogP contribution in [0.4, 0.5) is 0 Å². The zero-order valence-corrected chi connectivity index (χ0v) is 12.0. The predicted molar refractivity (Wildman–Crippen MR) is 74.4 cm³/mol. The first-order valence-electron chi connectivity index (χ1n) is 7.75. The van der Waals surface area contributed by atoms with E-state index in [0.29, 0.717) is 24.4 Å². The van der Waals surface area contributed by atoms with E-state index in [2.05, 4.69) is 24.1 Å². The summed E-state index contributed by atoms with van der Waals surface area (Å²) in [7, 11) is 0. The van der Waals surface area contributed by atoms with Gasteiger partial charge in [-0.25, -0.2) is 0 Å². The largest absolute Gasteiger partial charge is 0.339 e. The minimum Gasteiger partial charge on any atom is -0.339 e. The maximum atomic E-state index is 12.4. The SMILES string of the molecule is CCNC(C)CC(=O)N1CCCC2CCCCC21. The molecule has 104 valence electrons. The van der Waals surface area contributed by atoms with Crippen molar-refractivity contribution in [2.24, 2.45) is 5.92 Å². The Hall–Kier alpha value is -0.570. The summed E-state index contributed by atoms with van der Waals surface area (Å²) in [5.41, 5.74) is 0. The number of hydrogen-bond acceptors (Lipinski definition) is 2. The molecule has 0 aromatic heterocycles. The van der Waals surface area contributed by atoms with Gasteiger partial charge in [0, 0.05) is 25.0 Å². The first-order valence-corrected chi connectivity index (χ1v) is 7.75. The van der Waals surface area contributed by atoms with Gasteiger partial charge in [-0.2, -0.15) is 0 Å². The van der Waals surface area contributed by atoms with Gasteiger partial charge in [0.05, 0.1) is 0 Å². The van der Waals surface area contributed by atoms with E-state index in [1.165, 1.54) is 38.5 Å². The lowest BCUT2D eigenvalue weighted by Crippen LogP contribution is -2.50. The summed E-state index contributed by atoms with van der Waals surface area (Å²) in [5, 5.41) is 3.34. The Kier molecular flexibility index (Phi) is 5.04. The molecule has 1 N–H and O–H groups in total. The van der Waals surface area contributed by atoms with Gasteiger partial charge in [-0.1, -0.05) is 19.8 Å². The minimum absolute atomic E-state index is 0.312. The first kappa shape index (κ1) is 13.9. The van der Waals surface area contributed by atoms with Gasteiger partial charge < -0.3 is 10.2 Å². The van der Waals surface area contributed by atoms with Gasteiger partial charge in [-0.3, -0.25) is 4.79 Å². The van der Waals surface area contributed by atoms with Crippen molar-refractivity contribution >= 4 is 5.91 Å². The number of nitrogens with one attached hydrogen (secondary N) is 1. The molecule has 0 aromatic rings. The van der Waals surface area contributed by atoms with Crippen molar-refractivity contribution in [3.63, 3.8) is 0 Å². The smallest absolute Gasteiger partial charge is 0.224 e. The lowest BCUT2D eigenvalue weighted by atomic mass is 9.78. The highest BCUT2D eigenvalue weighted by molar-refractivity contribution is 5.77. The van der Waals surface area contributed by atoms with Crippen LogP contribution < -0.4 is 5.32 Å². The highest BCUT2D eigenvalue weighted by Crippen LogP contribution is 2.35. The molecule has 1 aliphatic heterocycles. The summed E-state index contributed by atoms with van der Waals surface area (Å²) in [4.78, 5) is 14.6. The van der Waals surface area contributed by atoms with Crippen LogP contribution >= 0.6 is 0 Å². The Labute approximate surface area is 111 Å². The molecule has 1 saturated carbocycles. The van der Waals surface area contributed by atoms with Crippen LogP contribution in [0.5, 0.6) is 0 Å². The summed E-state index contributed by atoms with van der Waals surface area (Å²) in [6.07, 6.45) is 8.49. The molecule has 0 aromatic carbocycles. The van der Waals surface area contributed by atoms with Gasteiger partial charge in [0.25, 0.3) is 0 Å². The fourth-order valence-corrected chi connectivity index (χ4v) is 3.73. The number of fused-ring (bicyclic) bond motifs is 1. The molecule has 2 rings (SSSR count).